The first-order chi connectivity index (χ1) is 8.04. The van der Waals surface area contributed by atoms with Crippen LogP contribution >= 0.6 is 11.3 Å². The maximum absolute atomic E-state index is 11.6. The van der Waals surface area contributed by atoms with Gasteiger partial charge >= 0.3 is 5.97 Å². The van der Waals surface area contributed by atoms with Crippen LogP contribution in [-0.2, 0) is 9.53 Å². The fraction of sp³-hybridized carbons (Fsp3) is 0.667. The third-order valence-electron chi connectivity index (χ3n) is 3.35. The molecule has 0 saturated carbocycles. The van der Waals surface area contributed by atoms with Crippen LogP contribution in [0.2, 0.25) is 0 Å². The molecule has 4 nitrogen and oxygen atoms in total. The summed E-state index contributed by atoms with van der Waals surface area (Å²) in [6.45, 7) is 7.14. The molecule has 2 heterocycles. The highest BCUT2D eigenvalue weighted by Gasteiger charge is 2.39. The number of aryl methyl sites for hydroxylation is 2. The fourth-order valence-corrected chi connectivity index (χ4v) is 3.35. The van der Waals surface area contributed by atoms with Crippen LogP contribution in [0.4, 0.5) is 0 Å². The quantitative estimate of drug-likeness (QED) is 0.774. The SMILES string of the molecule is COC(=O)C1CCN1C(C)c1sc(C)nc1C. The van der Waals surface area contributed by atoms with Gasteiger partial charge in [-0.1, -0.05) is 0 Å². The Morgan fingerprint density at radius 1 is 1.59 bits per heavy atom. The predicted molar refractivity (Wildman–Crippen MR) is 67.1 cm³/mol. The highest BCUT2D eigenvalue weighted by atomic mass is 32.1. The minimum absolute atomic E-state index is 0.0724. The summed E-state index contributed by atoms with van der Waals surface area (Å²) in [6.07, 6.45) is 0.897. The number of carbonyl (C=O) groups is 1. The van der Waals surface area contributed by atoms with Gasteiger partial charge in [-0.15, -0.1) is 11.3 Å². The second-order valence-corrected chi connectivity index (χ2v) is 5.66. The summed E-state index contributed by atoms with van der Waals surface area (Å²) < 4.78 is 4.81. The summed E-state index contributed by atoms with van der Waals surface area (Å²) in [5.41, 5.74) is 1.08. The van der Waals surface area contributed by atoms with Gasteiger partial charge in [0.15, 0.2) is 0 Å². The van der Waals surface area contributed by atoms with Crippen molar-refractivity contribution in [2.45, 2.75) is 39.3 Å². The van der Waals surface area contributed by atoms with Gasteiger partial charge < -0.3 is 4.74 Å². The van der Waals surface area contributed by atoms with Crippen LogP contribution in [0, 0.1) is 13.8 Å². The number of thiazole rings is 1. The van der Waals surface area contributed by atoms with Crippen molar-refractivity contribution < 1.29 is 9.53 Å². The molecule has 1 saturated heterocycles. The van der Waals surface area contributed by atoms with Crippen LogP contribution in [0.5, 0.6) is 0 Å². The molecule has 5 heteroatoms. The fourth-order valence-electron chi connectivity index (χ4n) is 2.35. The lowest BCUT2D eigenvalue weighted by atomic mass is 9.99. The molecule has 2 unspecified atom stereocenters. The van der Waals surface area contributed by atoms with Gasteiger partial charge in [-0.05, 0) is 27.2 Å². The van der Waals surface area contributed by atoms with E-state index in [2.05, 4.69) is 16.8 Å². The van der Waals surface area contributed by atoms with Crippen LogP contribution in [-0.4, -0.2) is 35.5 Å². The van der Waals surface area contributed by atoms with Crippen molar-refractivity contribution in [2.24, 2.45) is 0 Å². The minimum Gasteiger partial charge on any atom is -0.468 e. The molecule has 0 amide bonds. The van der Waals surface area contributed by atoms with Crippen LogP contribution in [0.3, 0.4) is 0 Å². The normalized spacial score (nSPS) is 22.0. The van der Waals surface area contributed by atoms with E-state index in [0.29, 0.717) is 0 Å². The average Bonchev–Trinajstić information content (AvgIpc) is 2.56. The maximum Gasteiger partial charge on any atom is 0.323 e. The first-order valence-electron chi connectivity index (χ1n) is 5.82. The van der Waals surface area contributed by atoms with Gasteiger partial charge in [0.05, 0.1) is 17.8 Å². The van der Waals surface area contributed by atoms with E-state index in [1.807, 2.05) is 13.8 Å². The van der Waals surface area contributed by atoms with Crippen molar-refractivity contribution in [1.82, 2.24) is 9.88 Å². The van der Waals surface area contributed by atoms with Crippen LogP contribution in [0.1, 0.15) is 35.0 Å². The number of hydrogen-bond acceptors (Lipinski definition) is 5. The standard InChI is InChI=1S/C12H18N2O2S/c1-7-11(17-9(3)13-7)8(2)14-6-5-10(14)12(15)16-4/h8,10H,5-6H2,1-4H3. The average molecular weight is 254 g/mol. The Morgan fingerprint density at radius 2 is 2.29 bits per heavy atom. The molecule has 17 heavy (non-hydrogen) atoms. The summed E-state index contributed by atoms with van der Waals surface area (Å²) in [5.74, 6) is -0.123. The number of likely N-dealkylation sites (tertiary alicyclic amines) is 1. The van der Waals surface area contributed by atoms with E-state index in [9.17, 15) is 4.79 Å². The molecule has 0 N–H and O–H groups in total. The highest BCUT2D eigenvalue weighted by Crippen LogP contribution is 2.35. The van der Waals surface area contributed by atoms with E-state index in [1.165, 1.54) is 12.0 Å². The van der Waals surface area contributed by atoms with E-state index >= 15 is 0 Å². The summed E-state index contributed by atoms with van der Waals surface area (Å²) in [4.78, 5) is 19.4. The summed E-state index contributed by atoms with van der Waals surface area (Å²) in [5, 5.41) is 1.08. The molecule has 0 aliphatic carbocycles. The molecule has 1 fully saturated rings. The zero-order valence-corrected chi connectivity index (χ0v) is 11.5. The number of methoxy groups -OCH3 is 1. The van der Waals surface area contributed by atoms with Gasteiger partial charge in [0, 0.05) is 17.5 Å². The van der Waals surface area contributed by atoms with Gasteiger partial charge in [-0.3, -0.25) is 9.69 Å². The Hall–Kier alpha value is -0.940. The van der Waals surface area contributed by atoms with Crippen LogP contribution in [0.25, 0.3) is 0 Å². The molecule has 1 aromatic rings. The number of hydrogen-bond donors (Lipinski definition) is 0. The molecule has 2 rings (SSSR count). The van der Waals surface area contributed by atoms with E-state index in [4.69, 9.17) is 4.74 Å². The number of rotatable bonds is 3. The van der Waals surface area contributed by atoms with E-state index < -0.39 is 0 Å². The molecule has 2 atom stereocenters. The summed E-state index contributed by atoms with van der Waals surface area (Å²) >= 11 is 1.72. The smallest absolute Gasteiger partial charge is 0.323 e. The third-order valence-corrected chi connectivity index (χ3v) is 4.59. The Bertz CT molecular complexity index is 430. The first-order valence-corrected chi connectivity index (χ1v) is 6.63. The Labute approximate surface area is 106 Å². The second-order valence-electron chi connectivity index (χ2n) is 4.42. The molecule has 0 spiro atoms. The van der Waals surface area contributed by atoms with Crippen molar-refractivity contribution in [1.29, 1.82) is 0 Å². The minimum atomic E-state index is -0.123. The van der Waals surface area contributed by atoms with Crippen molar-refractivity contribution >= 4 is 17.3 Å². The molecular formula is C12H18N2O2S. The number of esters is 1. The van der Waals surface area contributed by atoms with Gasteiger partial charge in [0.2, 0.25) is 0 Å². The van der Waals surface area contributed by atoms with Crippen LogP contribution in [0.15, 0.2) is 0 Å². The Morgan fingerprint density at radius 3 is 2.71 bits per heavy atom. The Kier molecular flexibility index (Phi) is 3.49. The molecule has 94 valence electrons. The lowest BCUT2D eigenvalue weighted by Crippen LogP contribution is -2.53. The highest BCUT2D eigenvalue weighted by molar-refractivity contribution is 7.11. The molecule has 0 radical (unpaired) electrons. The Balaban J connectivity index is 2.13. The van der Waals surface area contributed by atoms with E-state index in [0.717, 1.165) is 23.7 Å². The van der Waals surface area contributed by atoms with Gasteiger partial charge in [0.1, 0.15) is 6.04 Å². The van der Waals surface area contributed by atoms with E-state index in [1.54, 1.807) is 11.3 Å². The zero-order valence-electron chi connectivity index (χ0n) is 10.7. The van der Waals surface area contributed by atoms with Crippen molar-refractivity contribution in [2.75, 3.05) is 13.7 Å². The predicted octanol–water partition coefficient (Wildman–Crippen LogP) is 2.07. The number of carbonyl (C=O) groups excluding carboxylic acids is 1. The molecule has 0 aromatic carbocycles. The maximum atomic E-state index is 11.6. The van der Waals surface area contributed by atoms with Gasteiger partial charge in [0.25, 0.3) is 0 Å². The first kappa shape index (κ1) is 12.5. The lowest BCUT2D eigenvalue weighted by molar-refractivity contribution is -0.153. The monoisotopic (exact) mass is 254 g/mol. The number of nitrogens with zero attached hydrogens (tertiary/aromatic N) is 2. The van der Waals surface area contributed by atoms with E-state index in [-0.39, 0.29) is 18.1 Å². The largest absolute Gasteiger partial charge is 0.468 e. The molecule has 0 bridgehead atoms. The summed E-state index contributed by atoms with van der Waals surface area (Å²) in [6, 6.07) is 0.177. The van der Waals surface area contributed by atoms with Crippen LogP contribution < -0.4 is 0 Å². The van der Waals surface area contributed by atoms with Gasteiger partial charge in [-0.2, -0.15) is 0 Å². The zero-order chi connectivity index (χ0) is 12.6. The molecular weight excluding hydrogens is 236 g/mol. The third kappa shape index (κ3) is 2.21. The number of aromatic nitrogens is 1. The molecule has 1 aliphatic heterocycles. The lowest BCUT2D eigenvalue weighted by Gasteiger charge is -2.42. The van der Waals surface area contributed by atoms with Gasteiger partial charge in [-0.25, -0.2) is 4.98 Å². The van der Waals surface area contributed by atoms with Crippen molar-refractivity contribution in [3.8, 4) is 0 Å². The summed E-state index contributed by atoms with van der Waals surface area (Å²) in [7, 11) is 1.45. The molecule has 1 aliphatic rings. The van der Waals surface area contributed by atoms with Crippen molar-refractivity contribution in [3.05, 3.63) is 15.6 Å². The second kappa shape index (κ2) is 4.74. The topological polar surface area (TPSA) is 42.4 Å². The number of ether oxygens (including phenoxy) is 1. The molecule has 1 aromatic heterocycles. The van der Waals surface area contributed by atoms with Crippen molar-refractivity contribution in [3.63, 3.8) is 0 Å².